The zero-order valence-corrected chi connectivity index (χ0v) is 18.1. The molecule has 0 heterocycles. The standard InChI is InChI=1S/C26H35NO2/c1-27(2)20-24-14-8-7-13-23(18-22-12-9-15-25(19-22)29-3)26(24,28)17-16-21-10-5-4-6-11-21/h4-6,9-12,15,18-19,24,28H,7-8,13-14,16-17,20H2,1-3H3. The van der Waals surface area contributed by atoms with Crippen molar-refractivity contribution in [2.45, 2.75) is 44.1 Å². The van der Waals surface area contributed by atoms with Gasteiger partial charge in [0.05, 0.1) is 12.7 Å². The van der Waals surface area contributed by atoms with Gasteiger partial charge in [0.25, 0.3) is 0 Å². The van der Waals surface area contributed by atoms with E-state index in [1.807, 2.05) is 18.2 Å². The minimum absolute atomic E-state index is 0.237. The van der Waals surface area contributed by atoms with Crippen LogP contribution in [0.2, 0.25) is 0 Å². The van der Waals surface area contributed by atoms with Gasteiger partial charge in [-0.15, -0.1) is 0 Å². The summed E-state index contributed by atoms with van der Waals surface area (Å²) in [5, 5.41) is 12.1. The van der Waals surface area contributed by atoms with E-state index < -0.39 is 5.60 Å². The van der Waals surface area contributed by atoms with Crippen molar-refractivity contribution in [3.8, 4) is 5.75 Å². The molecule has 0 bridgehead atoms. The number of aliphatic hydroxyl groups is 1. The van der Waals surface area contributed by atoms with Crippen LogP contribution in [0.3, 0.4) is 0 Å². The molecular weight excluding hydrogens is 358 g/mol. The Bertz CT molecular complexity index is 799. The lowest BCUT2D eigenvalue weighted by Gasteiger charge is -2.39. The lowest BCUT2D eigenvalue weighted by Crippen LogP contribution is -2.44. The van der Waals surface area contributed by atoms with Crippen LogP contribution in [0.4, 0.5) is 0 Å². The van der Waals surface area contributed by atoms with Gasteiger partial charge in [-0.05, 0) is 75.0 Å². The van der Waals surface area contributed by atoms with E-state index in [0.29, 0.717) is 0 Å². The third-order valence-corrected chi connectivity index (χ3v) is 6.14. The van der Waals surface area contributed by atoms with Crippen molar-refractivity contribution in [2.24, 2.45) is 5.92 Å². The topological polar surface area (TPSA) is 32.7 Å². The Morgan fingerprint density at radius 1 is 1.10 bits per heavy atom. The molecule has 1 fully saturated rings. The smallest absolute Gasteiger partial charge is 0.119 e. The summed E-state index contributed by atoms with van der Waals surface area (Å²) >= 11 is 0. The van der Waals surface area contributed by atoms with E-state index in [9.17, 15) is 5.11 Å². The molecule has 2 unspecified atom stereocenters. The Hall–Kier alpha value is -2.10. The molecule has 3 heteroatoms. The fraction of sp³-hybridized carbons (Fsp3) is 0.462. The van der Waals surface area contributed by atoms with E-state index in [2.05, 4.69) is 61.5 Å². The highest BCUT2D eigenvalue weighted by molar-refractivity contribution is 5.57. The van der Waals surface area contributed by atoms with E-state index in [1.165, 1.54) is 17.6 Å². The van der Waals surface area contributed by atoms with Crippen molar-refractivity contribution in [3.63, 3.8) is 0 Å². The van der Waals surface area contributed by atoms with Gasteiger partial charge in [0.15, 0.2) is 0 Å². The largest absolute Gasteiger partial charge is 0.497 e. The first-order valence-corrected chi connectivity index (χ1v) is 10.8. The number of rotatable bonds is 7. The highest BCUT2D eigenvalue weighted by Gasteiger charge is 2.40. The first-order chi connectivity index (χ1) is 14.0. The van der Waals surface area contributed by atoms with Gasteiger partial charge >= 0.3 is 0 Å². The summed E-state index contributed by atoms with van der Waals surface area (Å²) < 4.78 is 5.40. The van der Waals surface area contributed by atoms with Crippen LogP contribution < -0.4 is 4.74 Å². The molecule has 1 aliphatic rings. The molecule has 2 aromatic rings. The molecule has 3 rings (SSSR count). The van der Waals surface area contributed by atoms with Crippen LogP contribution in [0.15, 0.2) is 60.2 Å². The summed E-state index contributed by atoms with van der Waals surface area (Å²) in [6.45, 7) is 0.904. The van der Waals surface area contributed by atoms with Crippen LogP contribution in [-0.4, -0.2) is 43.4 Å². The van der Waals surface area contributed by atoms with Crippen LogP contribution in [0.5, 0.6) is 5.75 Å². The third kappa shape index (κ3) is 5.71. The SMILES string of the molecule is COc1cccc(C=C2CCCCC(CN(C)C)C2(O)CCc2ccccc2)c1. The molecule has 1 N–H and O–H groups in total. The highest BCUT2D eigenvalue weighted by Crippen LogP contribution is 2.41. The molecule has 0 aromatic heterocycles. The van der Waals surface area contributed by atoms with Crippen molar-refractivity contribution >= 4 is 6.08 Å². The van der Waals surface area contributed by atoms with Crippen molar-refractivity contribution in [1.29, 1.82) is 0 Å². The highest BCUT2D eigenvalue weighted by atomic mass is 16.5. The molecule has 1 aliphatic carbocycles. The van der Waals surface area contributed by atoms with Gasteiger partial charge in [-0.2, -0.15) is 0 Å². The Kier molecular flexibility index (Phi) is 7.51. The number of hydrogen-bond donors (Lipinski definition) is 1. The monoisotopic (exact) mass is 393 g/mol. The summed E-state index contributed by atoms with van der Waals surface area (Å²) in [6, 6.07) is 18.7. The fourth-order valence-electron chi connectivity index (χ4n) is 4.58. The molecule has 0 radical (unpaired) electrons. The molecule has 2 atom stereocenters. The molecule has 0 amide bonds. The van der Waals surface area contributed by atoms with Gasteiger partial charge in [0, 0.05) is 12.5 Å². The molecule has 2 aromatic carbocycles. The molecule has 0 spiro atoms. The van der Waals surface area contributed by atoms with Crippen LogP contribution >= 0.6 is 0 Å². The quantitative estimate of drug-likeness (QED) is 0.657. The summed E-state index contributed by atoms with van der Waals surface area (Å²) in [5.41, 5.74) is 2.77. The van der Waals surface area contributed by atoms with Crippen LogP contribution in [0, 0.1) is 5.92 Å². The van der Waals surface area contributed by atoms with Crippen molar-refractivity contribution in [2.75, 3.05) is 27.7 Å². The molecule has 156 valence electrons. The normalized spacial score (nSPS) is 23.9. The molecule has 0 aliphatic heterocycles. The van der Waals surface area contributed by atoms with E-state index in [1.54, 1.807) is 7.11 Å². The number of aryl methyl sites for hydroxylation is 1. The molecule has 3 nitrogen and oxygen atoms in total. The fourth-order valence-corrected chi connectivity index (χ4v) is 4.58. The number of benzene rings is 2. The minimum Gasteiger partial charge on any atom is -0.497 e. The number of methoxy groups -OCH3 is 1. The first-order valence-electron chi connectivity index (χ1n) is 10.8. The van der Waals surface area contributed by atoms with Crippen LogP contribution in [-0.2, 0) is 6.42 Å². The maximum Gasteiger partial charge on any atom is 0.119 e. The molecule has 0 saturated heterocycles. The number of nitrogens with zero attached hydrogens (tertiary/aromatic N) is 1. The summed E-state index contributed by atoms with van der Waals surface area (Å²) in [5.74, 6) is 1.09. The lowest BCUT2D eigenvalue weighted by molar-refractivity contribution is -0.00218. The van der Waals surface area contributed by atoms with Crippen molar-refractivity contribution in [1.82, 2.24) is 4.90 Å². The van der Waals surface area contributed by atoms with Gasteiger partial charge in [0.2, 0.25) is 0 Å². The second-order valence-corrected chi connectivity index (χ2v) is 8.56. The first kappa shape index (κ1) is 21.6. The van der Waals surface area contributed by atoms with Crippen molar-refractivity contribution < 1.29 is 9.84 Å². The molecule has 1 saturated carbocycles. The summed E-state index contributed by atoms with van der Waals surface area (Å²) in [7, 11) is 5.91. The maximum atomic E-state index is 12.1. The number of ether oxygens (including phenoxy) is 1. The third-order valence-electron chi connectivity index (χ3n) is 6.14. The Morgan fingerprint density at radius 3 is 2.62 bits per heavy atom. The lowest BCUT2D eigenvalue weighted by atomic mass is 9.75. The predicted molar refractivity (Wildman–Crippen MR) is 121 cm³/mol. The van der Waals surface area contributed by atoms with Gasteiger partial charge in [-0.3, -0.25) is 0 Å². The average molecular weight is 394 g/mol. The molecular formula is C26H35NO2. The maximum absolute atomic E-state index is 12.1. The predicted octanol–water partition coefficient (Wildman–Crippen LogP) is 5.19. The second-order valence-electron chi connectivity index (χ2n) is 8.56. The van der Waals surface area contributed by atoms with Crippen LogP contribution in [0.1, 0.15) is 43.2 Å². The summed E-state index contributed by atoms with van der Waals surface area (Å²) in [6.07, 6.45) is 8.17. The van der Waals surface area contributed by atoms with Gasteiger partial charge in [-0.25, -0.2) is 0 Å². The van der Waals surface area contributed by atoms with Gasteiger partial charge < -0.3 is 14.7 Å². The van der Waals surface area contributed by atoms with Gasteiger partial charge in [-0.1, -0.05) is 55.0 Å². The zero-order chi connectivity index (χ0) is 20.7. The van der Waals surface area contributed by atoms with E-state index in [4.69, 9.17) is 4.74 Å². The van der Waals surface area contributed by atoms with E-state index in [0.717, 1.165) is 50.0 Å². The summed E-state index contributed by atoms with van der Waals surface area (Å²) in [4.78, 5) is 2.21. The molecule has 29 heavy (non-hydrogen) atoms. The van der Waals surface area contributed by atoms with E-state index >= 15 is 0 Å². The van der Waals surface area contributed by atoms with Gasteiger partial charge in [0.1, 0.15) is 5.75 Å². The Balaban J connectivity index is 1.95. The number of hydrogen-bond acceptors (Lipinski definition) is 3. The zero-order valence-electron chi connectivity index (χ0n) is 18.1. The van der Waals surface area contributed by atoms with E-state index in [-0.39, 0.29) is 5.92 Å². The van der Waals surface area contributed by atoms with Crippen molar-refractivity contribution in [3.05, 3.63) is 71.3 Å². The Labute approximate surface area is 176 Å². The Morgan fingerprint density at radius 2 is 1.90 bits per heavy atom. The second kappa shape index (κ2) is 10.1. The minimum atomic E-state index is -0.792. The average Bonchev–Trinajstić information content (AvgIpc) is 2.87. The van der Waals surface area contributed by atoms with Crippen LogP contribution in [0.25, 0.3) is 6.08 Å².